The molecule has 0 aromatic heterocycles. The van der Waals surface area contributed by atoms with E-state index in [1.807, 2.05) is 0 Å². The molecule has 31 heavy (non-hydrogen) atoms. The number of carbonyl (C=O) groups excluding carboxylic acids is 2. The van der Waals surface area contributed by atoms with Crippen LogP contribution in [0.15, 0.2) is 42.5 Å². The van der Waals surface area contributed by atoms with E-state index in [0.29, 0.717) is 26.4 Å². The predicted octanol–water partition coefficient (Wildman–Crippen LogP) is 5.50. The molecule has 1 saturated carbocycles. The van der Waals surface area contributed by atoms with Crippen molar-refractivity contribution in [3.8, 4) is 5.75 Å². The molecular formula is C23H25Cl3N2O3. The summed E-state index contributed by atoms with van der Waals surface area (Å²) in [7, 11) is 0. The maximum absolute atomic E-state index is 13.1. The van der Waals surface area contributed by atoms with E-state index in [1.165, 1.54) is 4.90 Å². The lowest BCUT2D eigenvalue weighted by atomic mass is 10.1. The van der Waals surface area contributed by atoms with Crippen molar-refractivity contribution in [2.45, 2.75) is 51.2 Å². The lowest BCUT2D eigenvalue weighted by molar-refractivity contribution is -0.142. The number of benzene rings is 2. The summed E-state index contributed by atoms with van der Waals surface area (Å²) in [4.78, 5) is 27.5. The summed E-state index contributed by atoms with van der Waals surface area (Å²) in [6, 6.07) is 11.5. The minimum Gasteiger partial charge on any atom is -0.482 e. The molecular weight excluding hydrogens is 459 g/mol. The number of hydrogen-bond acceptors (Lipinski definition) is 3. The zero-order chi connectivity index (χ0) is 22.4. The highest BCUT2D eigenvalue weighted by molar-refractivity contribution is 6.35. The summed E-state index contributed by atoms with van der Waals surface area (Å²) in [6.07, 6.45) is 4.14. The molecule has 0 bridgehead atoms. The van der Waals surface area contributed by atoms with Crippen LogP contribution in [-0.2, 0) is 16.1 Å². The van der Waals surface area contributed by atoms with Gasteiger partial charge in [-0.1, -0.05) is 65.8 Å². The van der Waals surface area contributed by atoms with E-state index in [0.717, 1.165) is 25.7 Å². The first-order valence-electron chi connectivity index (χ1n) is 10.3. The first-order valence-corrected chi connectivity index (χ1v) is 11.4. The van der Waals surface area contributed by atoms with Gasteiger partial charge in [0.15, 0.2) is 6.61 Å². The first kappa shape index (κ1) is 23.7. The number of halogens is 3. The molecule has 8 heteroatoms. The highest BCUT2D eigenvalue weighted by Crippen LogP contribution is 2.25. The molecule has 0 heterocycles. The number of carbonyl (C=O) groups is 2. The molecule has 0 spiro atoms. The van der Waals surface area contributed by atoms with E-state index < -0.39 is 6.04 Å². The van der Waals surface area contributed by atoms with Gasteiger partial charge in [-0.3, -0.25) is 9.59 Å². The van der Waals surface area contributed by atoms with E-state index in [9.17, 15) is 9.59 Å². The molecule has 2 aromatic carbocycles. The van der Waals surface area contributed by atoms with Gasteiger partial charge in [0.05, 0.1) is 5.02 Å². The normalized spacial score (nSPS) is 14.8. The largest absolute Gasteiger partial charge is 0.482 e. The number of nitrogens with one attached hydrogen (secondary N) is 1. The van der Waals surface area contributed by atoms with Crippen molar-refractivity contribution in [2.75, 3.05) is 6.61 Å². The van der Waals surface area contributed by atoms with Gasteiger partial charge >= 0.3 is 0 Å². The monoisotopic (exact) mass is 482 g/mol. The van der Waals surface area contributed by atoms with Gasteiger partial charge in [0.1, 0.15) is 11.8 Å². The fraction of sp³-hybridized carbons (Fsp3) is 0.391. The van der Waals surface area contributed by atoms with Crippen molar-refractivity contribution in [2.24, 2.45) is 0 Å². The van der Waals surface area contributed by atoms with Crippen molar-refractivity contribution in [3.05, 3.63) is 63.1 Å². The number of nitrogens with zero attached hydrogens (tertiary/aromatic N) is 1. The Kier molecular flexibility index (Phi) is 8.47. The Morgan fingerprint density at radius 1 is 1.10 bits per heavy atom. The van der Waals surface area contributed by atoms with E-state index in [4.69, 9.17) is 39.5 Å². The van der Waals surface area contributed by atoms with Gasteiger partial charge in [-0.2, -0.15) is 0 Å². The Hall–Kier alpha value is -1.95. The highest BCUT2D eigenvalue weighted by atomic mass is 35.5. The lowest BCUT2D eigenvalue weighted by Crippen LogP contribution is -2.50. The summed E-state index contributed by atoms with van der Waals surface area (Å²) < 4.78 is 5.62. The molecule has 5 nitrogen and oxygen atoms in total. The summed E-state index contributed by atoms with van der Waals surface area (Å²) >= 11 is 18.4. The maximum Gasteiger partial charge on any atom is 0.261 e. The third-order valence-electron chi connectivity index (χ3n) is 5.41. The average molecular weight is 484 g/mol. The van der Waals surface area contributed by atoms with Crippen molar-refractivity contribution in [1.29, 1.82) is 0 Å². The summed E-state index contributed by atoms with van der Waals surface area (Å²) in [5.74, 6) is -0.131. The molecule has 1 unspecified atom stereocenters. The van der Waals surface area contributed by atoms with Crippen LogP contribution in [-0.4, -0.2) is 35.4 Å². The Balaban J connectivity index is 1.75. The Labute approximate surface area is 197 Å². The van der Waals surface area contributed by atoms with E-state index >= 15 is 0 Å². The average Bonchev–Trinajstić information content (AvgIpc) is 3.25. The minimum atomic E-state index is -0.699. The van der Waals surface area contributed by atoms with Crippen LogP contribution >= 0.6 is 34.8 Å². The molecule has 1 N–H and O–H groups in total. The van der Waals surface area contributed by atoms with Crippen LogP contribution in [0.2, 0.25) is 15.1 Å². The van der Waals surface area contributed by atoms with Gasteiger partial charge in [-0.05, 0) is 49.6 Å². The number of ether oxygens (including phenoxy) is 1. The van der Waals surface area contributed by atoms with Gasteiger partial charge in [0.2, 0.25) is 5.91 Å². The highest BCUT2D eigenvalue weighted by Gasteiger charge is 2.29. The van der Waals surface area contributed by atoms with Crippen LogP contribution in [0.3, 0.4) is 0 Å². The molecule has 0 aliphatic heterocycles. The van der Waals surface area contributed by atoms with E-state index in [2.05, 4.69) is 5.32 Å². The van der Waals surface area contributed by atoms with Crippen LogP contribution in [0.1, 0.15) is 38.2 Å². The summed E-state index contributed by atoms with van der Waals surface area (Å²) in [6.45, 7) is 1.61. The van der Waals surface area contributed by atoms with E-state index in [1.54, 1.807) is 49.4 Å². The second kappa shape index (κ2) is 11.1. The van der Waals surface area contributed by atoms with Gasteiger partial charge < -0.3 is 15.0 Å². The molecule has 166 valence electrons. The third kappa shape index (κ3) is 6.52. The minimum absolute atomic E-state index is 0.153. The van der Waals surface area contributed by atoms with Crippen molar-refractivity contribution in [3.63, 3.8) is 0 Å². The van der Waals surface area contributed by atoms with E-state index in [-0.39, 0.29) is 31.0 Å². The standard InChI is InChI=1S/C23H25Cl3N2O3/c1-15(23(30)27-18-6-2-3-7-18)28(13-16-10-11-17(24)12-20(16)26)22(29)14-31-21-9-5-4-8-19(21)25/h4-5,8-12,15,18H,2-3,6-7,13-14H2,1H3,(H,27,30). The molecule has 2 aromatic rings. The van der Waals surface area contributed by atoms with Gasteiger partial charge in [-0.15, -0.1) is 0 Å². The predicted molar refractivity (Wildman–Crippen MR) is 124 cm³/mol. The topological polar surface area (TPSA) is 58.6 Å². The zero-order valence-corrected chi connectivity index (χ0v) is 19.5. The summed E-state index contributed by atoms with van der Waals surface area (Å²) in [5, 5.41) is 4.40. The fourth-order valence-corrected chi connectivity index (χ4v) is 4.25. The van der Waals surface area contributed by atoms with Gasteiger partial charge in [0.25, 0.3) is 5.91 Å². The maximum atomic E-state index is 13.1. The number of amides is 2. The van der Waals surface area contributed by atoms with Crippen molar-refractivity contribution < 1.29 is 14.3 Å². The van der Waals surface area contributed by atoms with Crippen LogP contribution in [0, 0.1) is 0 Å². The second-order valence-electron chi connectivity index (χ2n) is 7.64. The fourth-order valence-electron chi connectivity index (χ4n) is 3.59. The molecule has 1 fully saturated rings. The van der Waals surface area contributed by atoms with Crippen LogP contribution in [0.4, 0.5) is 0 Å². The Morgan fingerprint density at radius 2 is 1.81 bits per heavy atom. The molecule has 0 radical (unpaired) electrons. The zero-order valence-electron chi connectivity index (χ0n) is 17.2. The van der Waals surface area contributed by atoms with Crippen molar-refractivity contribution in [1.82, 2.24) is 10.2 Å². The van der Waals surface area contributed by atoms with Gasteiger partial charge in [0, 0.05) is 22.6 Å². The summed E-state index contributed by atoms with van der Waals surface area (Å²) in [5.41, 5.74) is 0.692. The molecule has 1 aliphatic carbocycles. The Bertz CT molecular complexity index is 932. The molecule has 1 atom stereocenters. The molecule has 2 amide bonds. The third-order valence-corrected chi connectivity index (χ3v) is 6.31. The smallest absolute Gasteiger partial charge is 0.261 e. The SMILES string of the molecule is CC(C(=O)NC1CCCC1)N(Cc1ccc(Cl)cc1Cl)C(=O)COc1ccccc1Cl. The van der Waals surface area contributed by atoms with Crippen LogP contribution < -0.4 is 10.1 Å². The molecule has 1 aliphatic rings. The molecule has 0 saturated heterocycles. The van der Waals surface area contributed by atoms with Crippen LogP contribution in [0.5, 0.6) is 5.75 Å². The first-order chi connectivity index (χ1) is 14.8. The van der Waals surface area contributed by atoms with Crippen LogP contribution in [0.25, 0.3) is 0 Å². The van der Waals surface area contributed by atoms with Crippen molar-refractivity contribution >= 4 is 46.6 Å². The number of hydrogen-bond donors (Lipinski definition) is 1. The number of para-hydroxylation sites is 1. The number of rotatable bonds is 8. The molecule has 3 rings (SSSR count). The lowest BCUT2D eigenvalue weighted by Gasteiger charge is -2.30. The van der Waals surface area contributed by atoms with Gasteiger partial charge in [-0.25, -0.2) is 0 Å². The Morgan fingerprint density at radius 3 is 2.48 bits per heavy atom. The quantitative estimate of drug-likeness (QED) is 0.539. The second-order valence-corrected chi connectivity index (χ2v) is 8.89.